The maximum atomic E-state index is 13.3. The molecule has 0 atom stereocenters. The summed E-state index contributed by atoms with van der Waals surface area (Å²) in [5.74, 6) is -0.519. The molecule has 0 bridgehead atoms. The highest BCUT2D eigenvalue weighted by Gasteiger charge is 2.09. The van der Waals surface area contributed by atoms with E-state index in [9.17, 15) is 9.18 Å². The molecule has 3 nitrogen and oxygen atoms in total. The summed E-state index contributed by atoms with van der Waals surface area (Å²) in [6, 6.07) is 22.0. The summed E-state index contributed by atoms with van der Waals surface area (Å²) in [6.45, 7) is 1.93. The number of rotatable bonds is 5. The molecule has 0 heterocycles. The zero-order valence-corrected chi connectivity index (χ0v) is 13.9. The van der Waals surface area contributed by atoms with Crippen LogP contribution in [0.2, 0.25) is 0 Å². The third kappa shape index (κ3) is 4.23. The number of benzene rings is 3. The number of carbonyl (C=O) groups is 1. The van der Waals surface area contributed by atoms with E-state index in [0.717, 1.165) is 22.4 Å². The van der Waals surface area contributed by atoms with Gasteiger partial charge in [-0.05, 0) is 36.2 Å². The second kappa shape index (κ2) is 7.62. The maximum Gasteiger partial charge on any atom is 0.243 e. The van der Waals surface area contributed by atoms with E-state index in [1.165, 1.54) is 12.1 Å². The average Bonchev–Trinajstić information content (AvgIpc) is 2.64. The van der Waals surface area contributed by atoms with Crippen molar-refractivity contribution < 1.29 is 9.18 Å². The first kappa shape index (κ1) is 16.7. The van der Waals surface area contributed by atoms with Crippen molar-refractivity contribution in [3.63, 3.8) is 0 Å². The lowest BCUT2D eigenvalue weighted by molar-refractivity contribution is -0.114. The van der Waals surface area contributed by atoms with Crippen molar-refractivity contribution >= 4 is 17.3 Å². The molecule has 2 N–H and O–H groups in total. The van der Waals surface area contributed by atoms with Gasteiger partial charge in [0.05, 0.1) is 6.54 Å². The van der Waals surface area contributed by atoms with Crippen LogP contribution >= 0.6 is 0 Å². The van der Waals surface area contributed by atoms with Crippen LogP contribution in [-0.2, 0) is 4.79 Å². The van der Waals surface area contributed by atoms with Gasteiger partial charge in [-0.2, -0.15) is 0 Å². The number of aryl methyl sites for hydroxylation is 1. The van der Waals surface area contributed by atoms with Crippen LogP contribution in [-0.4, -0.2) is 12.5 Å². The highest BCUT2D eigenvalue weighted by Crippen LogP contribution is 2.27. The van der Waals surface area contributed by atoms with Crippen molar-refractivity contribution in [2.24, 2.45) is 0 Å². The summed E-state index contributed by atoms with van der Waals surface area (Å²) >= 11 is 0. The number of carbonyl (C=O) groups excluding carboxylic acids is 1. The lowest BCUT2D eigenvalue weighted by Gasteiger charge is -2.13. The highest BCUT2D eigenvalue weighted by molar-refractivity contribution is 5.97. The molecule has 126 valence electrons. The maximum absolute atomic E-state index is 13.3. The molecule has 0 aromatic heterocycles. The lowest BCUT2D eigenvalue weighted by atomic mass is 10.0. The van der Waals surface area contributed by atoms with E-state index >= 15 is 0 Å². The first-order valence-electron chi connectivity index (χ1n) is 8.08. The molecular weight excluding hydrogens is 315 g/mol. The van der Waals surface area contributed by atoms with E-state index < -0.39 is 0 Å². The molecule has 3 rings (SSSR count). The molecule has 0 aliphatic carbocycles. The number of halogens is 1. The van der Waals surface area contributed by atoms with Crippen molar-refractivity contribution in [3.05, 3.63) is 84.2 Å². The van der Waals surface area contributed by atoms with Gasteiger partial charge in [0.15, 0.2) is 0 Å². The Morgan fingerprint density at radius 3 is 2.44 bits per heavy atom. The third-order valence-corrected chi connectivity index (χ3v) is 3.92. The Labute approximate surface area is 146 Å². The van der Waals surface area contributed by atoms with Gasteiger partial charge in [-0.3, -0.25) is 4.79 Å². The molecule has 3 aromatic rings. The molecular formula is C21H19FN2O. The largest absolute Gasteiger partial charge is 0.376 e. The average molecular weight is 334 g/mol. The van der Waals surface area contributed by atoms with Crippen LogP contribution in [0.25, 0.3) is 11.1 Å². The van der Waals surface area contributed by atoms with E-state index in [0.29, 0.717) is 5.69 Å². The van der Waals surface area contributed by atoms with Gasteiger partial charge in [0.2, 0.25) is 5.91 Å². The van der Waals surface area contributed by atoms with E-state index in [1.807, 2.05) is 61.5 Å². The standard InChI is InChI=1S/C21H19FN2O/c1-15-11-12-17(22)13-20(15)23-14-21(25)24-19-10-6-5-9-18(19)16-7-3-2-4-8-16/h2-13,23H,14H2,1H3,(H,24,25). The minimum Gasteiger partial charge on any atom is -0.376 e. The van der Waals surface area contributed by atoms with Gasteiger partial charge in [0, 0.05) is 16.9 Å². The molecule has 0 spiro atoms. The van der Waals surface area contributed by atoms with Crippen molar-refractivity contribution in [3.8, 4) is 11.1 Å². The van der Waals surface area contributed by atoms with Crippen LogP contribution in [0.5, 0.6) is 0 Å². The lowest BCUT2D eigenvalue weighted by Crippen LogP contribution is -2.22. The minimum absolute atomic E-state index is 0.0629. The molecule has 0 aliphatic rings. The van der Waals surface area contributed by atoms with E-state index in [2.05, 4.69) is 10.6 Å². The Morgan fingerprint density at radius 1 is 0.920 bits per heavy atom. The molecule has 0 saturated heterocycles. The SMILES string of the molecule is Cc1ccc(F)cc1NCC(=O)Nc1ccccc1-c1ccccc1. The molecule has 0 radical (unpaired) electrons. The van der Waals surface area contributed by atoms with Crippen LogP contribution in [0.1, 0.15) is 5.56 Å². The van der Waals surface area contributed by atoms with Gasteiger partial charge < -0.3 is 10.6 Å². The smallest absolute Gasteiger partial charge is 0.243 e. The number of anilines is 2. The van der Waals surface area contributed by atoms with Gasteiger partial charge >= 0.3 is 0 Å². The Bertz CT molecular complexity index is 878. The van der Waals surface area contributed by atoms with Crippen molar-refractivity contribution in [1.29, 1.82) is 0 Å². The molecule has 0 unspecified atom stereocenters. The van der Waals surface area contributed by atoms with E-state index in [4.69, 9.17) is 0 Å². The Morgan fingerprint density at radius 2 is 1.64 bits per heavy atom. The predicted octanol–water partition coefficient (Wildman–Crippen LogP) is 4.85. The second-order valence-electron chi connectivity index (χ2n) is 5.77. The van der Waals surface area contributed by atoms with Gasteiger partial charge in [-0.25, -0.2) is 4.39 Å². The summed E-state index contributed by atoms with van der Waals surface area (Å²) in [7, 11) is 0. The number of hydrogen-bond acceptors (Lipinski definition) is 2. The van der Waals surface area contributed by atoms with Crippen LogP contribution in [0, 0.1) is 12.7 Å². The number of hydrogen-bond donors (Lipinski definition) is 2. The number of nitrogens with one attached hydrogen (secondary N) is 2. The normalized spacial score (nSPS) is 10.3. The van der Waals surface area contributed by atoms with Crippen LogP contribution in [0.15, 0.2) is 72.8 Å². The Hall–Kier alpha value is -3.14. The summed E-state index contributed by atoms with van der Waals surface area (Å²) in [5.41, 5.74) is 4.24. The number of para-hydroxylation sites is 1. The predicted molar refractivity (Wildman–Crippen MR) is 100 cm³/mol. The topological polar surface area (TPSA) is 41.1 Å². The first-order valence-corrected chi connectivity index (χ1v) is 8.08. The Kier molecular flexibility index (Phi) is 5.09. The van der Waals surface area contributed by atoms with Crippen LogP contribution in [0.4, 0.5) is 15.8 Å². The van der Waals surface area contributed by atoms with E-state index in [1.54, 1.807) is 6.07 Å². The van der Waals surface area contributed by atoms with Crippen molar-refractivity contribution in [2.75, 3.05) is 17.2 Å². The van der Waals surface area contributed by atoms with Gasteiger partial charge in [-0.1, -0.05) is 54.6 Å². The molecule has 3 aromatic carbocycles. The fraction of sp³-hybridized carbons (Fsp3) is 0.0952. The molecule has 0 fully saturated rings. The van der Waals surface area contributed by atoms with E-state index in [-0.39, 0.29) is 18.3 Å². The fourth-order valence-electron chi connectivity index (χ4n) is 2.62. The number of amides is 1. The Balaban J connectivity index is 1.71. The molecule has 25 heavy (non-hydrogen) atoms. The van der Waals surface area contributed by atoms with Crippen molar-refractivity contribution in [2.45, 2.75) is 6.92 Å². The van der Waals surface area contributed by atoms with Crippen LogP contribution in [0.3, 0.4) is 0 Å². The summed E-state index contributed by atoms with van der Waals surface area (Å²) in [6.07, 6.45) is 0. The minimum atomic E-state index is -0.331. The first-order chi connectivity index (χ1) is 12.1. The zero-order chi connectivity index (χ0) is 17.6. The van der Waals surface area contributed by atoms with Crippen molar-refractivity contribution in [1.82, 2.24) is 0 Å². The summed E-state index contributed by atoms with van der Waals surface area (Å²) in [5, 5.41) is 5.90. The highest BCUT2D eigenvalue weighted by atomic mass is 19.1. The second-order valence-corrected chi connectivity index (χ2v) is 5.77. The molecule has 1 amide bonds. The zero-order valence-electron chi connectivity index (χ0n) is 13.9. The summed E-state index contributed by atoms with van der Waals surface area (Å²) in [4.78, 5) is 12.3. The van der Waals surface area contributed by atoms with Gasteiger partial charge in [-0.15, -0.1) is 0 Å². The molecule has 0 saturated carbocycles. The molecule has 0 aliphatic heterocycles. The fourth-order valence-corrected chi connectivity index (χ4v) is 2.62. The molecule has 4 heteroatoms. The monoisotopic (exact) mass is 334 g/mol. The van der Waals surface area contributed by atoms with Gasteiger partial charge in [0.25, 0.3) is 0 Å². The van der Waals surface area contributed by atoms with Crippen LogP contribution < -0.4 is 10.6 Å². The van der Waals surface area contributed by atoms with Gasteiger partial charge in [0.1, 0.15) is 5.82 Å². The quantitative estimate of drug-likeness (QED) is 0.700. The third-order valence-electron chi connectivity index (χ3n) is 3.92. The summed E-state index contributed by atoms with van der Waals surface area (Å²) < 4.78 is 13.3.